The molecule has 2 heteroatoms. The van der Waals surface area contributed by atoms with Crippen LogP contribution in [0.15, 0.2) is 23.3 Å². The second-order valence-corrected chi connectivity index (χ2v) is 12.9. The fraction of sp³-hybridized carbons (Fsp3) is 0.844. The molecule has 0 aromatic carbocycles. The maximum absolute atomic E-state index is 12.3. The van der Waals surface area contributed by atoms with Crippen molar-refractivity contribution >= 4 is 5.97 Å². The first-order valence-corrected chi connectivity index (χ1v) is 14.9. The van der Waals surface area contributed by atoms with Gasteiger partial charge in [-0.05, 0) is 99.7 Å². The van der Waals surface area contributed by atoms with Crippen molar-refractivity contribution in [3.8, 4) is 0 Å². The molecule has 0 amide bonds. The molecule has 192 valence electrons. The third kappa shape index (κ3) is 4.94. The van der Waals surface area contributed by atoms with Gasteiger partial charge in [0.1, 0.15) is 6.10 Å². The van der Waals surface area contributed by atoms with Gasteiger partial charge in [-0.1, -0.05) is 77.0 Å². The molecule has 0 aromatic heterocycles. The van der Waals surface area contributed by atoms with Crippen molar-refractivity contribution in [3.63, 3.8) is 0 Å². The van der Waals surface area contributed by atoms with Crippen LogP contribution in [0.25, 0.3) is 0 Å². The molecule has 3 saturated carbocycles. The second-order valence-electron chi connectivity index (χ2n) is 12.9. The van der Waals surface area contributed by atoms with E-state index in [1.165, 1.54) is 83.5 Å². The van der Waals surface area contributed by atoms with Crippen molar-refractivity contribution in [2.45, 2.75) is 137 Å². The summed E-state index contributed by atoms with van der Waals surface area (Å²) in [5, 5.41) is 0. The lowest BCUT2D eigenvalue weighted by atomic mass is 9.47. The molecule has 4 rings (SSSR count). The van der Waals surface area contributed by atoms with E-state index in [1.807, 2.05) is 19.9 Å². The van der Waals surface area contributed by atoms with Gasteiger partial charge in [0.2, 0.25) is 0 Å². The summed E-state index contributed by atoms with van der Waals surface area (Å²) in [4.78, 5) is 12.3. The van der Waals surface area contributed by atoms with Crippen molar-refractivity contribution < 1.29 is 9.53 Å². The summed E-state index contributed by atoms with van der Waals surface area (Å²) >= 11 is 0. The van der Waals surface area contributed by atoms with Crippen LogP contribution in [-0.4, -0.2) is 12.1 Å². The number of rotatable bonds is 9. The van der Waals surface area contributed by atoms with Crippen molar-refractivity contribution in [3.05, 3.63) is 23.3 Å². The van der Waals surface area contributed by atoms with Gasteiger partial charge in [-0.15, -0.1) is 0 Å². The van der Waals surface area contributed by atoms with E-state index in [0.29, 0.717) is 10.8 Å². The Hall–Kier alpha value is -1.05. The number of carbonyl (C=O) groups excluding carboxylic acids is 1. The van der Waals surface area contributed by atoms with Gasteiger partial charge in [0.15, 0.2) is 0 Å². The van der Waals surface area contributed by atoms with Gasteiger partial charge in [0, 0.05) is 12.0 Å². The summed E-state index contributed by atoms with van der Waals surface area (Å²) in [5.74, 6) is 3.49. The van der Waals surface area contributed by atoms with E-state index in [2.05, 4.69) is 26.8 Å². The monoisotopic (exact) mass is 468 g/mol. The fourth-order valence-electron chi connectivity index (χ4n) is 8.84. The normalized spacial score (nSPS) is 39.6. The lowest BCUT2D eigenvalue weighted by molar-refractivity contribution is -0.146. The third-order valence-corrected chi connectivity index (χ3v) is 11.2. The lowest BCUT2D eigenvalue weighted by Gasteiger charge is -2.58. The molecule has 34 heavy (non-hydrogen) atoms. The van der Waals surface area contributed by atoms with Crippen molar-refractivity contribution in [1.29, 1.82) is 0 Å². The zero-order valence-electron chi connectivity index (χ0n) is 23.0. The van der Waals surface area contributed by atoms with Crippen LogP contribution in [0, 0.1) is 34.5 Å². The Bertz CT molecular complexity index is 778. The molecular weight excluding hydrogens is 416 g/mol. The smallest absolute Gasteiger partial charge is 0.333 e. The number of esters is 1. The fourth-order valence-corrected chi connectivity index (χ4v) is 8.84. The van der Waals surface area contributed by atoms with Crippen molar-refractivity contribution in [1.82, 2.24) is 0 Å². The molecule has 0 radical (unpaired) electrons. The standard InChI is InChI=1S/C32H52O2/c1-6-8-9-10-11-12-13-24-15-17-28-27-16-14-25-22-26(34-30(33)23(3)7-2)18-20-32(25,5)29(27)19-21-31(24,28)4/h7,14,24,26-29H,6,8-13,15-22H2,1-5H3/b23-7-. The van der Waals surface area contributed by atoms with Crippen LogP contribution in [0.5, 0.6) is 0 Å². The van der Waals surface area contributed by atoms with Gasteiger partial charge < -0.3 is 4.74 Å². The Kier molecular flexibility index (Phi) is 8.36. The minimum Gasteiger partial charge on any atom is -0.459 e. The molecule has 0 heterocycles. The van der Waals surface area contributed by atoms with Crippen LogP contribution < -0.4 is 0 Å². The Balaban J connectivity index is 1.38. The van der Waals surface area contributed by atoms with E-state index in [9.17, 15) is 4.79 Å². The van der Waals surface area contributed by atoms with E-state index in [4.69, 9.17) is 4.74 Å². The van der Waals surface area contributed by atoms with E-state index in [-0.39, 0.29) is 12.1 Å². The SMILES string of the molecule is C/C=C(/C)C(=O)OC1CCC2(C)C(=CCC3C2CCC2(C)C(CCCCCCCC)CCC32)C1. The highest BCUT2D eigenvalue weighted by molar-refractivity contribution is 5.87. The van der Waals surface area contributed by atoms with E-state index >= 15 is 0 Å². The molecule has 0 saturated heterocycles. The number of unbranched alkanes of at least 4 members (excludes halogenated alkanes) is 5. The van der Waals surface area contributed by atoms with Crippen LogP contribution >= 0.6 is 0 Å². The molecule has 0 bridgehead atoms. The van der Waals surface area contributed by atoms with Crippen LogP contribution in [0.1, 0.15) is 131 Å². The third-order valence-electron chi connectivity index (χ3n) is 11.2. The first-order chi connectivity index (χ1) is 16.3. The van der Waals surface area contributed by atoms with E-state index in [1.54, 1.807) is 5.57 Å². The minimum atomic E-state index is -0.124. The van der Waals surface area contributed by atoms with Crippen LogP contribution in [0.3, 0.4) is 0 Å². The Morgan fingerprint density at radius 3 is 2.56 bits per heavy atom. The average molecular weight is 469 g/mol. The molecule has 7 atom stereocenters. The van der Waals surface area contributed by atoms with Gasteiger partial charge in [0.05, 0.1) is 0 Å². The highest BCUT2D eigenvalue weighted by atomic mass is 16.5. The molecule has 2 nitrogen and oxygen atoms in total. The highest BCUT2D eigenvalue weighted by Gasteiger charge is 2.58. The number of ether oxygens (including phenoxy) is 1. The summed E-state index contributed by atoms with van der Waals surface area (Å²) in [6, 6.07) is 0. The largest absolute Gasteiger partial charge is 0.459 e. The predicted octanol–water partition coefficient (Wildman–Crippen LogP) is 9.19. The summed E-state index contributed by atoms with van der Waals surface area (Å²) in [6.07, 6.45) is 24.8. The minimum absolute atomic E-state index is 0.0697. The zero-order valence-corrected chi connectivity index (χ0v) is 23.0. The molecule has 4 aliphatic carbocycles. The Morgan fingerprint density at radius 1 is 1.03 bits per heavy atom. The average Bonchev–Trinajstić information content (AvgIpc) is 3.17. The lowest BCUT2D eigenvalue weighted by Crippen LogP contribution is -2.50. The van der Waals surface area contributed by atoms with E-state index in [0.717, 1.165) is 42.1 Å². The van der Waals surface area contributed by atoms with Gasteiger partial charge >= 0.3 is 5.97 Å². The number of allylic oxidation sites excluding steroid dienone is 2. The Morgan fingerprint density at radius 2 is 1.79 bits per heavy atom. The molecule has 7 unspecified atom stereocenters. The maximum atomic E-state index is 12.3. The number of hydrogen-bond acceptors (Lipinski definition) is 2. The molecule has 0 N–H and O–H groups in total. The van der Waals surface area contributed by atoms with Gasteiger partial charge in [-0.2, -0.15) is 0 Å². The van der Waals surface area contributed by atoms with Gasteiger partial charge in [0.25, 0.3) is 0 Å². The summed E-state index contributed by atoms with van der Waals surface area (Å²) in [6.45, 7) is 11.3. The number of carbonyl (C=O) groups is 1. The number of fused-ring (bicyclic) bond motifs is 5. The summed E-state index contributed by atoms with van der Waals surface area (Å²) in [5.41, 5.74) is 3.26. The first kappa shape index (κ1) is 26.0. The quantitative estimate of drug-likeness (QED) is 0.146. The van der Waals surface area contributed by atoms with Crippen LogP contribution in [0.2, 0.25) is 0 Å². The van der Waals surface area contributed by atoms with Gasteiger partial charge in [-0.25, -0.2) is 4.79 Å². The second kappa shape index (κ2) is 10.9. The number of hydrogen-bond donors (Lipinski definition) is 0. The van der Waals surface area contributed by atoms with E-state index < -0.39 is 0 Å². The van der Waals surface area contributed by atoms with Crippen molar-refractivity contribution in [2.24, 2.45) is 34.5 Å². The summed E-state index contributed by atoms with van der Waals surface area (Å²) in [7, 11) is 0. The van der Waals surface area contributed by atoms with Crippen LogP contribution in [-0.2, 0) is 9.53 Å². The van der Waals surface area contributed by atoms with Gasteiger partial charge in [-0.3, -0.25) is 0 Å². The molecule has 0 spiro atoms. The van der Waals surface area contributed by atoms with Crippen molar-refractivity contribution in [2.75, 3.05) is 0 Å². The maximum Gasteiger partial charge on any atom is 0.333 e. The molecule has 0 aromatic rings. The topological polar surface area (TPSA) is 26.3 Å². The predicted molar refractivity (Wildman–Crippen MR) is 142 cm³/mol. The molecular formula is C32H52O2. The first-order valence-electron chi connectivity index (χ1n) is 14.9. The zero-order chi connectivity index (χ0) is 24.3. The Labute approximate surface area is 210 Å². The summed E-state index contributed by atoms with van der Waals surface area (Å²) < 4.78 is 5.89. The highest BCUT2D eigenvalue weighted by Crippen LogP contribution is 2.66. The van der Waals surface area contributed by atoms with Crippen LogP contribution in [0.4, 0.5) is 0 Å². The molecule has 3 fully saturated rings. The molecule has 0 aliphatic heterocycles. The molecule has 4 aliphatic rings.